The van der Waals surface area contributed by atoms with Crippen molar-refractivity contribution >= 4 is 0 Å². The van der Waals surface area contributed by atoms with Gasteiger partial charge >= 0.3 is 0 Å². The van der Waals surface area contributed by atoms with Gasteiger partial charge in [-0.2, -0.15) is 0 Å². The van der Waals surface area contributed by atoms with Crippen LogP contribution in [0.5, 0.6) is 0 Å². The fraction of sp³-hybridized carbons (Fsp3) is 0.429. The van der Waals surface area contributed by atoms with E-state index in [1.807, 2.05) is 13.8 Å². The zero-order chi connectivity index (χ0) is 7.56. The molecule has 1 aromatic rings. The SMILES string of the molecule is CC(C)c1cncc(=O)[nH]1. The van der Waals surface area contributed by atoms with Crippen molar-refractivity contribution in [1.29, 1.82) is 0 Å². The Hall–Kier alpha value is -1.12. The second kappa shape index (κ2) is 2.64. The van der Waals surface area contributed by atoms with E-state index < -0.39 is 0 Å². The molecule has 0 aliphatic carbocycles. The first-order valence-electron chi connectivity index (χ1n) is 3.24. The molecule has 0 bridgehead atoms. The molecule has 3 nitrogen and oxygen atoms in total. The lowest BCUT2D eigenvalue weighted by Crippen LogP contribution is -2.08. The lowest BCUT2D eigenvalue weighted by Gasteiger charge is -2.00. The molecule has 0 aliphatic rings. The van der Waals surface area contributed by atoms with E-state index in [1.54, 1.807) is 6.20 Å². The summed E-state index contributed by atoms with van der Waals surface area (Å²) in [7, 11) is 0. The number of nitrogens with one attached hydrogen (secondary N) is 1. The fourth-order valence-corrected chi connectivity index (χ4v) is 0.685. The van der Waals surface area contributed by atoms with Crippen LogP contribution in [0.15, 0.2) is 17.2 Å². The zero-order valence-electron chi connectivity index (χ0n) is 6.09. The highest BCUT2D eigenvalue weighted by Gasteiger charge is 1.97. The normalized spacial score (nSPS) is 10.3. The fourth-order valence-electron chi connectivity index (χ4n) is 0.685. The summed E-state index contributed by atoms with van der Waals surface area (Å²) >= 11 is 0. The summed E-state index contributed by atoms with van der Waals surface area (Å²) in [6, 6.07) is 0. The molecule has 0 aromatic carbocycles. The second-order valence-electron chi connectivity index (χ2n) is 2.51. The van der Waals surface area contributed by atoms with Gasteiger partial charge in [0.25, 0.3) is 5.56 Å². The Balaban J connectivity index is 3.07. The Morgan fingerprint density at radius 2 is 2.20 bits per heavy atom. The quantitative estimate of drug-likeness (QED) is 0.626. The van der Waals surface area contributed by atoms with Crippen molar-refractivity contribution in [2.75, 3.05) is 0 Å². The summed E-state index contributed by atoms with van der Waals surface area (Å²) in [6.45, 7) is 4.01. The van der Waals surface area contributed by atoms with Gasteiger partial charge in [-0.25, -0.2) is 0 Å². The number of nitrogens with zero attached hydrogens (tertiary/aromatic N) is 1. The first-order valence-corrected chi connectivity index (χ1v) is 3.24. The molecule has 0 spiro atoms. The van der Waals surface area contributed by atoms with Gasteiger partial charge in [-0.3, -0.25) is 9.78 Å². The van der Waals surface area contributed by atoms with Crippen molar-refractivity contribution in [2.45, 2.75) is 19.8 Å². The predicted molar refractivity (Wildman–Crippen MR) is 38.9 cm³/mol. The topological polar surface area (TPSA) is 45.8 Å². The van der Waals surface area contributed by atoms with Gasteiger partial charge in [0.1, 0.15) is 0 Å². The van der Waals surface area contributed by atoms with Gasteiger partial charge in [-0.15, -0.1) is 0 Å². The van der Waals surface area contributed by atoms with Crippen LogP contribution in [0, 0.1) is 0 Å². The summed E-state index contributed by atoms with van der Waals surface area (Å²) in [6.07, 6.45) is 2.94. The van der Waals surface area contributed by atoms with Crippen molar-refractivity contribution in [2.24, 2.45) is 0 Å². The first-order chi connectivity index (χ1) is 4.70. The molecule has 0 atom stereocenters. The van der Waals surface area contributed by atoms with E-state index in [1.165, 1.54) is 6.20 Å². The number of H-pyrrole nitrogens is 1. The van der Waals surface area contributed by atoms with E-state index >= 15 is 0 Å². The van der Waals surface area contributed by atoms with Crippen molar-refractivity contribution < 1.29 is 0 Å². The van der Waals surface area contributed by atoms with Crippen LogP contribution in [0.25, 0.3) is 0 Å². The third-order valence-electron chi connectivity index (χ3n) is 1.29. The van der Waals surface area contributed by atoms with Crippen LogP contribution in [0.2, 0.25) is 0 Å². The van der Waals surface area contributed by atoms with Crippen LogP contribution in [-0.4, -0.2) is 9.97 Å². The predicted octanol–water partition coefficient (Wildman–Crippen LogP) is 0.893. The molecule has 54 valence electrons. The van der Waals surface area contributed by atoms with Crippen molar-refractivity contribution in [1.82, 2.24) is 9.97 Å². The molecule has 1 rings (SSSR count). The standard InChI is InChI=1S/C7H10N2O/c1-5(2)6-3-8-4-7(10)9-6/h3-5H,1-2H3,(H,9,10). The zero-order valence-corrected chi connectivity index (χ0v) is 6.09. The summed E-state index contributed by atoms with van der Waals surface area (Å²) in [4.78, 5) is 17.1. The minimum absolute atomic E-state index is 0.133. The van der Waals surface area contributed by atoms with E-state index in [0.717, 1.165) is 5.69 Å². The molecule has 0 saturated heterocycles. The van der Waals surface area contributed by atoms with Gasteiger partial charge < -0.3 is 4.98 Å². The molecule has 1 aromatic heterocycles. The van der Waals surface area contributed by atoms with Crippen LogP contribution in [0.4, 0.5) is 0 Å². The number of aromatic amines is 1. The molecule has 0 unspecified atom stereocenters. The number of hydrogen-bond acceptors (Lipinski definition) is 2. The van der Waals surface area contributed by atoms with Gasteiger partial charge in [0, 0.05) is 11.9 Å². The molecule has 0 fully saturated rings. The molecule has 0 radical (unpaired) electrons. The highest BCUT2D eigenvalue weighted by atomic mass is 16.1. The Morgan fingerprint density at radius 1 is 1.50 bits per heavy atom. The molecular weight excluding hydrogens is 128 g/mol. The number of aromatic nitrogens is 2. The van der Waals surface area contributed by atoms with Gasteiger partial charge in [0.15, 0.2) is 0 Å². The average molecular weight is 138 g/mol. The largest absolute Gasteiger partial charge is 0.323 e. The Kier molecular flexibility index (Phi) is 1.85. The third kappa shape index (κ3) is 1.43. The van der Waals surface area contributed by atoms with Crippen LogP contribution in [0.1, 0.15) is 25.5 Å². The first kappa shape index (κ1) is 6.99. The lowest BCUT2D eigenvalue weighted by atomic mass is 10.1. The maximum Gasteiger partial charge on any atom is 0.266 e. The number of hydrogen-bond donors (Lipinski definition) is 1. The van der Waals surface area contributed by atoms with Gasteiger partial charge in [0.05, 0.1) is 6.20 Å². The summed E-state index contributed by atoms with van der Waals surface area (Å²) in [5, 5.41) is 0. The van der Waals surface area contributed by atoms with E-state index in [4.69, 9.17) is 0 Å². The van der Waals surface area contributed by atoms with Gasteiger partial charge in [-0.1, -0.05) is 13.8 Å². The van der Waals surface area contributed by atoms with E-state index in [2.05, 4.69) is 9.97 Å². The van der Waals surface area contributed by atoms with Gasteiger partial charge in [-0.05, 0) is 5.92 Å². The summed E-state index contributed by atoms with van der Waals surface area (Å²) < 4.78 is 0. The molecule has 1 N–H and O–H groups in total. The maximum absolute atomic E-state index is 10.7. The minimum Gasteiger partial charge on any atom is -0.323 e. The molecular formula is C7H10N2O. The third-order valence-corrected chi connectivity index (χ3v) is 1.29. The summed E-state index contributed by atoms with van der Waals surface area (Å²) in [5.41, 5.74) is 0.749. The van der Waals surface area contributed by atoms with Gasteiger partial charge in [0.2, 0.25) is 0 Å². The maximum atomic E-state index is 10.7. The molecule has 1 heterocycles. The highest BCUT2D eigenvalue weighted by Crippen LogP contribution is 2.05. The van der Waals surface area contributed by atoms with Crippen molar-refractivity contribution in [3.05, 3.63) is 28.4 Å². The van der Waals surface area contributed by atoms with E-state index in [9.17, 15) is 4.79 Å². The minimum atomic E-state index is -0.133. The molecule has 0 aliphatic heterocycles. The molecule has 3 heteroatoms. The smallest absolute Gasteiger partial charge is 0.266 e. The Morgan fingerprint density at radius 3 is 2.60 bits per heavy atom. The molecule has 10 heavy (non-hydrogen) atoms. The number of rotatable bonds is 1. The van der Waals surface area contributed by atoms with Crippen molar-refractivity contribution in [3.8, 4) is 0 Å². The molecule has 0 saturated carbocycles. The summed E-state index contributed by atoms with van der Waals surface area (Å²) in [5.74, 6) is 0.335. The second-order valence-corrected chi connectivity index (χ2v) is 2.51. The van der Waals surface area contributed by atoms with Crippen LogP contribution < -0.4 is 5.56 Å². The van der Waals surface area contributed by atoms with Crippen LogP contribution in [-0.2, 0) is 0 Å². The van der Waals surface area contributed by atoms with Crippen LogP contribution >= 0.6 is 0 Å². The molecule has 0 amide bonds. The van der Waals surface area contributed by atoms with E-state index in [-0.39, 0.29) is 5.56 Å². The van der Waals surface area contributed by atoms with Crippen molar-refractivity contribution in [3.63, 3.8) is 0 Å². The van der Waals surface area contributed by atoms with Crippen LogP contribution in [0.3, 0.4) is 0 Å². The Bertz CT molecular complexity index is 264. The Labute approximate surface area is 59.1 Å². The van der Waals surface area contributed by atoms with E-state index in [0.29, 0.717) is 5.92 Å². The highest BCUT2D eigenvalue weighted by molar-refractivity contribution is 4.99. The lowest BCUT2D eigenvalue weighted by molar-refractivity contribution is 0.803. The monoisotopic (exact) mass is 138 g/mol. The average Bonchev–Trinajstić information content (AvgIpc) is 1.88.